The molecule has 0 bridgehead atoms. The summed E-state index contributed by atoms with van der Waals surface area (Å²) in [5, 5.41) is 9.14. The number of methoxy groups -OCH3 is 1. The van der Waals surface area contributed by atoms with Gasteiger partial charge in [-0.1, -0.05) is 50.1 Å². The van der Waals surface area contributed by atoms with Crippen molar-refractivity contribution < 1.29 is 19.4 Å². The van der Waals surface area contributed by atoms with Gasteiger partial charge in [-0.05, 0) is 24.5 Å². The third-order valence-corrected chi connectivity index (χ3v) is 5.33. The van der Waals surface area contributed by atoms with Gasteiger partial charge in [-0.15, -0.1) is 0 Å². The van der Waals surface area contributed by atoms with Gasteiger partial charge in [0.1, 0.15) is 17.3 Å². The molecule has 2 aromatic rings. The number of carbonyl (C=O) groups is 1. The van der Waals surface area contributed by atoms with E-state index in [1.165, 1.54) is 13.2 Å². The molecule has 1 amide bonds. The third-order valence-electron chi connectivity index (χ3n) is 5.33. The average Bonchev–Trinajstić information content (AvgIpc) is 3.17. The lowest BCUT2D eigenvalue weighted by Gasteiger charge is -2.35. The molecule has 0 unspecified atom stereocenters. The number of anilines is 1. The quantitative estimate of drug-likeness (QED) is 0.320. The molecule has 1 aromatic carbocycles. The van der Waals surface area contributed by atoms with E-state index in [2.05, 4.69) is 24.7 Å². The third kappa shape index (κ3) is 5.18. The highest BCUT2D eigenvalue weighted by atomic mass is 16.5. The van der Waals surface area contributed by atoms with Crippen LogP contribution in [0.4, 0.5) is 5.82 Å². The van der Waals surface area contributed by atoms with E-state index >= 15 is 0 Å². The fourth-order valence-electron chi connectivity index (χ4n) is 3.47. The standard InChI is InChI=1S/C25H30N4O4/c1-6-21(16-18(2)32-5)33-25-26-23-22(29(25)17-20-12-8-7-9-13-20)24(31)28(14-10-11-15-30)19(3)27(23)4/h6-9,12-13,16,30H,1-3,10-11,14-15,17H2,4-5H3/b21-16+. The van der Waals surface area contributed by atoms with Crippen LogP contribution in [0.15, 0.2) is 79.6 Å². The molecule has 0 atom stereocenters. The Kier molecular flexibility index (Phi) is 7.74. The second-order valence-corrected chi connectivity index (χ2v) is 7.52. The molecule has 8 nitrogen and oxygen atoms in total. The molecule has 1 aromatic heterocycles. The highest BCUT2D eigenvalue weighted by molar-refractivity contribution is 6.01. The molecule has 0 saturated carbocycles. The average molecular weight is 451 g/mol. The maximum absolute atomic E-state index is 13.6. The lowest BCUT2D eigenvalue weighted by molar-refractivity contribution is 0.0778. The predicted molar refractivity (Wildman–Crippen MR) is 128 cm³/mol. The van der Waals surface area contributed by atoms with E-state index in [-0.39, 0.29) is 18.5 Å². The molecular formula is C25H30N4O4. The van der Waals surface area contributed by atoms with E-state index in [1.807, 2.05) is 37.4 Å². The first kappa shape index (κ1) is 23.9. The summed E-state index contributed by atoms with van der Waals surface area (Å²) in [5.41, 5.74) is 1.39. The van der Waals surface area contributed by atoms with Crippen LogP contribution in [0.5, 0.6) is 6.01 Å². The van der Waals surface area contributed by atoms with Crippen molar-refractivity contribution in [2.45, 2.75) is 19.4 Å². The van der Waals surface area contributed by atoms with Gasteiger partial charge >= 0.3 is 6.01 Å². The Balaban J connectivity index is 2.08. The molecular weight excluding hydrogens is 420 g/mol. The number of nitrogens with zero attached hydrogens (tertiary/aromatic N) is 4. The minimum Gasteiger partial charge on any atom is -0.497 e. The highest BCUT2D eigenvalue weighted by Gasteiger charge is 2.37. The van der Waals surface area contributed by atoms with Crippen molar-refractivity contribution in [3.63, 3.8) is 0 Å². The highest BCUT2D eigenvalue weighted by Crippen LogP contribution is 2.35. The lowest BCUT2D eigenvalue weighted by atomic mass is 10.2. The Morgan fingerprint density at radius 1 is 1.24 bits per heavy atom. The van der Waals surface area contributed by atoms with Crippen LogP contribution in [0.1, 0.15) is 28.9 Å². The van der Waals surface area contributed by atoms with Gasteiger partial charge in [0.15, 0.2) is 11.5 Å². The van der Waals surface area contributed by atoms with Crippen LogP contribution in [-0.4, -0.2) is 52.8 Å². The number of rotatable bonds is 11. The van der Waals surface area contributed by atoms with Crippen LogP contribution in [-0.2, 0) is 11.3 Å². The summed E-state index contributed by atoms with van der Waals surface area (Å²) in [5.74, 6) is 1.55. The van der Waals surface area contributed by atoms with Crippen molar-refractivity contribution in [1.29, 1.82) is 0 Å². The smallest absolute Gasteiger partial charge is 0.304 e. The Morgan fingerprint density at radius 2 is 1.97 bits per heavy atom. The number of ether oxygens (including phenoxy) is 2. The van der Waals surface area contributed by atoms with Crippen molar-refractivity contribution in [2.24, 2.45) is 0 Å². The maximum Gasteiger partial charge on any atom is 0.304 e. The molecule has 8 heteroatoms. The van der Waals surface area contributed by atoms with Crippen LogP contribution in [0.25, 0.3) is 0 Å². The van der Waals surface area contributed by atoms with E-state index < -0.39 is 0 Å². The largest absolute Gasteiger partial charge is 0.497 e. The van der Waals surface area contributed by atoms with Crippen LogP contribution >= 0.6 is 0 Å². The van der Waals surface area contributed by atoms with E-state index in [1.54, 1.807) is 20.4 Å². The molecule has 0 aliphatic carbocycles. The molecule has 0 fully saturated rings. The van der Waals surface area contributed by atoms with E-state index in [4.69, 9.17) is 14.6 Å². The number of imidazole rings is 1. The number of amides is 1. The van der Waals surface area contributed by atoms with Gasteiger partial charge in [-0.3, -0.25) is 14.3 Å². The lowest BCUT2D eigenvalue weighted by Crippen LogP contribution is -2.43. The number of unbranched alkanes of at least 4 members (excludes halogenated alkanes) is 1. The molecule has 0 spiro atoms. The van der Waals surface area contributed by atoms with E-state index in [0.29, 0.717) is 54.8 Å². The van der Waals surface area contributed by atoms with Gasteiger partial charge in [0.25, 0.3) is 5.91 Å². The number of hydrogen-bond donors (Lipinski definition) is 1. The van der Waals surface area contributed by atoms with Gasteiger partial charge in [-0.25, -0.2) is 0 Å². The first-order valence-electron chi connectivity index (χ1n) is 10.7. The van der Waals surface area contributed by atoms with Gasteiger partial charge in [0.2, 0.25) is 0 Å². The summed E-state index contributed by atoms with van der Waals surface area (Å²) in [6.07, 6.45) is 4.38. The van der Waals surface area contributed by atoms with Crippen molar-refractivity contribution in [3.05, 3.63) is 90.8 Å². The predicted octanol–water partition coefficient (Wildman–Crippen LogP) is 3.68. The molecule has 2 heterocycles. The SMILES string of the molecule is C=C/C(=C\C(=C)OC)Oc1nc2c(n1Cc1ccccc1)C(=O)N(CCCCO)C(=C)N2C. The van der Waals surface area contributed by atoms with Crippen LogP contribution < -0.4 is 9.64 Å². The molecule has 174 valence electrons. The second kappa shape index (κ2) is 10.7. The Hall–Kier alpha value is -3.78. The summed E-state index contributed by atoms with van der Waals surface area (Å²) in [6.45, 7) is 12.5. The molecule has 3 rings (SSSR count). The number of carbonyl (C=O) groups excluding carboxylic acids is 1. The Morgan fingerprint density at radius 3 is 2.61 bits per heavy atom. The van der Waals surface area contributed by atoms with Gasteiger partial charge in [0.05, 0.1) is 13.7 Å². The van der Waals surface area contributed by atoms with Gasteiger partial charge in [-0.2, -0.15) is 4.98 Å². The molecule has 33 heavy (non-hydrogen) atoms. The van der Waals surface area contributed by atoms with Crippen LogP contribution in [0, 0.1) is 0 Å². The maximum atomic E-state index is 13.6. The van der Waals surface area contributed by atoms with E-state index in [0.717, 1.165) is 5.56 Å². The summed E-state index contributed by atoms with van der Waals surface area (Å²) in [7, 11) is 3.33. The normalized spacial score (nSPS) is 13.7. The number of fused-ring (bicyclic) bond motifs is 1. The number of benzene rings is 1. The fraction of sp³-hybridized carbons (Fsp3) is 0.280. The summed E-state index contributed by atoms with van der Waals surface area (Å²) in [4.78, 5) is 21.6. The fourth-order valence-corrected chi connectivity index (χ4v) is 3.47. The minimum absolute atomic E-state index is 0.0724. The van der Waals surface area contributed by atoms with Crippen molar-refractivity contribution >= 4 is 11.7 Å². The van der Waals surface area contributed by atoms with Crippen molar-refractivity contribution in [2.75, 3.05) is 32.2 Å². The van der Waals surface area contributed by atoms with Crippen molar-refractivity contribution in [3.8, 4) is 6.01 Å². The topological polar surface area (TPSA) is 80.1 Å². The summed E-state index contributed by atoms with van der Waals surface area (Å²) in [6, 6.07) is 10.0. The molecule has 1 N–H and O–H groups in total. The number of aromatic nitrogens is 2. The first-order chi connectivity index (χ1) is 15.9. The molecule has 1 aliphatic rings. The monoisotopic (exact) mass is 450 g/mol. The number of allylic oxidation sites excluding steroid dienone is 2. The zero-order valence-corrected chi connectivity index (χ0v) is 19.2. The molecule has 1 aliphatic heterocycles. The van der Waals surface area contributed by atoms with Crippen molar-refractivity contribution in [1.82, 2.24) is 14.5 Å². The van der Waals surface area contributed by atoms with Gasteiger partial charge < -0.3 is 19.5 Å². The minimum atomic E-state index is -0.213. The van der Waals surface area contributed by atoms with Crippen LogP contribution in [0.2, 0.25) is 0 Å². The Labute approximate surface area is 194 Å². The number of hydrogen-bond acceptors (Lipinski definition) is 6. The number of aliphatic hydroxyl groups is 1. The zero-order chi connectivity index (χ0) is 24.0. The Bertz CT molecular complexity index is 1070. The van der Waals surface area contributed by atoms with Gasteiger partial charge in [0, 0.05) is 26.3 Å². The first-order valence-corrected chi connectivity index (χ1v) is 10.7. The number of aliphatic hydroxyl groups excluding tert-OH is 1. The van der Waals surface area contributed by atoms with E-state index in [9.17, 15) is 4.79 Å². The van der Waals surface area contributed by atoms with Crippen LogP contribution in [0.3, 0.4) is 0 Å². The summed E-state index contributed by atoms with van der Waals surface area (Å²) >= 11 is 0. The molecule has 0 radical (unpaired) electrons. The second-order valence-electron chi connectivity index (χ2n) is 7.52. The molecule has 0 saturated heterocycles. The summed E-state index contributed by atoms with van der Waals surface area (Å²) < 4.78 is 12.9. The zero-order valence-electron chi connectivity index (χ0n) is 19.2.